The van der Waals surface area contributed by atoms with Crippen LogP contribution < -0.4 is 4.98 Å². The van der Waals surface area contributed by atoms with Crippen LogP contribution >= 0.6 is 0 Å². The molecule has 1 aliphatic heterocycles. The topological polar surface area (TPSA) is 12.0 Å². The maximum atomic E-state index is 3.87. The Morgan fingerprint density at radius 1 is 1.00 bits per heavy atom. The number of hydrogen-bond acceptors (Lipinski definition) is 1. The predicted molar refractivity (Wildman–Crippen MR) is 58.0 cm³/mol. The van der Waals surface area contributed by atoms with Crippen LogP contribution in [0.1, 0.15) is 40.5 Å². The Morgan fingerprint density at radius 2 is 1.58 bits per heavy atom. The van der Waals surface area contributed by atoms with Gasteiger partial charge in [0.1, 0.15) is 8.24 Å². The Bertz CT molecular complexity index is 127. The SMILES string of the molecule is CC(C)[Si]1(C(C)C)CCCCN1. The van der Waals surface area contributed by atoms with Crippen molar-refractivity contribution in [1.82, 2.24) is 4.98 Å². The van der Waals surface area contributed by atoms with Gasteiger partial charge in [0, 0.05) is 0 Å². The third-order valence-corrected chi connectivity index (χ3v) is 9.74. The fourth-order valence-corrected chi connectivity index (χ4v) is 7.56. The monoisotopic (exact) mass is 185 g/mol. The lowest BCUT2D eigenvalue weighted by molar-refractivity contribution is 0.644. The highest BCUT2D eigenvalue weighted by atomic mass is 28.3. The smallest absolute Gasteiger partial charge is 0.130 e. The van der Waals surface area contributed by atoms with Gasteiger partial charge in [-0.05, 0) is 30.1 Å². The minimum absolute atomic E-state index is 0.901. The van der Waals surface area contributed by atoms with E-state index in [1.54, 1.807) is 0 Å². The fraction of sp³-hybridized carbons (Fsp3) is 1.00. The van der Waals surface area contributed by atoms with Crippen molar-refractivity contribution < 1.29 is 0 Å². The summed E-state index contributed by atoms with van der Waals surface area (Å²) >= 11 is 0. The molecule has 1 nitrogen and oxygen atoms in total. The number of hydrogen-bond donors (Lipinski definition) is 1. The van der Waals surface area contributed by atoms with Crippen LogP contribution in [0.2, 0.25) is 17.1 Å². The lowest BCUT2D eigenvalue weighted by atomic mass is 10.3. The molecule has 12 heavy (non-hydrogen) atoms. The van der Waals surface area contributed by atoms with Crippen molar-refractivity contribution in [2.24, 2.45) is 0 Å². The maximum absolute atomic E-state index is 3.87. The minimum atomic E-state index is -1.09. The van der Waals surface area contributed by atoms with Gasteiger partial charge in [0.2, 0.25) is 0 Å². The highest BCUT2D eigenvalue weighted by Gasteiger charge is 2.40. The molecule has 0 spiro atoms. The molecule has 0 amide bonds. The molecule has 1 N–H and O–H groups in total. The van der Waals surface area contributed by atoms with Crippen molar-refractivity contribution >= 4 is 8.24 Å². The first-order chi connectivity index (χ1) is 5.59. The van der Waals surface area contributed by atoms with Crippen LogP contribution in [-0.2, 0) is 0 Å². The van der Waals surface area contributed by atoms with Crippen molar-refractivity contribution in [2.75, 3.05) is 6.54 Å². The average Bonchev–Trinajstić information content (AvgIpc) is 2.05. The molecule has 72 valence electrons. The van der Waals surface area contributed by atoms with Crippen molar-refractivity contribution in [2.45, 2.75) is 57.7 Å². The summed E-state index contributed by atoms with van der Waals surface area (Å²) in [6, 6.07) is 1.50. The van der Waals surface area contributed by atoms with Crippen LogP contribution in [0, 0.1) is 0 Å². The molecule has 0 radical (unpaired) electrons. The van der Waals surface area contributed by atoms with Crippen molar-refractivity contribution in [3.05, 3.63) is 0 Å². The first-order valence-corrected chi connectivity index (χ1v) is 7.71. The van der Waals surface area contributed by atoms with E-state index in [2.05, 4.69) is 32.7 Å². The van der Waals surface area contributed by atoms with E-state index in [0.717, 1.165) is 11.1 Å². The summed E-state index contributed by atoms with van der Waals surface area (Å²) in [5, 5.41) is 0. The predicted octanol–water partition coefficient (Wildman–Crippen LogP) is 3.14. The van der Waals surface area contributed by atoms with E-state index in [0.29, 0.717) is 0 Å². The third kappa shape index (κ3) is 1.74. The molecule has 1 heterocycles. The molecular formula is C10H23NSi. The Hall–Kier alpha value is 0.177. The van der Waals surface area contributed by atoms with Gasteiger partial charge < -0.3 is 4.98 Å². The van der Waals surface area contributed by atoms with Gasteiger partial charge in [0.05, 0.1) is 0 Å². The molecule has 1 rings (SSSR count). The van der Waals surface area contributed by atoms with Gasteiger partial charge in [-0.1, -0.05) is 34.1 Å². The summed E-state index contributed by atoms with van der Waals surface area (Å²) in [6.07, 6.45) is 2.86. The summed E-state index contributed by atoms with van der Waals surface area (Å²) in [6.45, 7) is 10.9. The first-order valence-electron chi connectivity index (χ1n) is 5.34. The van der Waals surface area contributed by atoms with Gasteiger partial charge in [-0.25, -0.2) is 0 Å². The van der Waals surface area contributed by atoms with E-state index in [1.165, 1.54) is 25.4 Å². The molecule has 1 fully saturated rings. The second-order valence-corrected chi connectivity index (χ2v) is 9.98. The summed E-state index contributed by atoms with van der Waals surface area (Å²) in [5.41, 5.74) is 1.80. The summed E-state index contributed by atoms with van der Waals surface area (Å²) in [7, 11) is -1.09. The zero-order chi connectivity index (χ0) is 9.19. The normalized spacial score (nSPS) is 23.5. The Balaban J connectivity index is 2.70. The highest BCUT2D eigenvalue weighted by molar-refractivity contribution is 6.80. The van der Waals surface area contributed by atoms with E-state index in [4.69, 9.17) is 0 Å². The quantitative estimate of drug-likeness (QED) is 0.652. The summed E-state index contributed by atoms with van der Waals surface area (Å²) in [5.74, 6) is 0. The molecule has 0 aliphatic carbocycles. The van der Waals surface area contributed by atoms with Crippen LogP contribution in [0.25, 0.3) is 0 Å². The minimum Gasteiger partial charge on any atom is -0.337 e. The molecule has 0 unspecified atom stereocenters. The van der Waals surface area contributed by atoms with Gasteiger partial charge in [0.25, 0.3) is 0 Å². The van der Waals surface area contributed by atoms with E-state index < -0.39 is 8.24 Å². The highest BCUT2D eigenvalue weighted by Crippen LogP contribution is 2.36. The Kier molecular flexibility index (Phi) is 3.35. The summed E-state index contributed by atoms with van der Waals surface area (Å²) < 4.78 is 0. The summed E-state index contributed by atoms with van der Waals surface area (Å²) in [4.78, 5) is 3.87. The molecule has 1 aliphatic rings. The van der Waals surface area contributed by atoms with Crippen LogP contribution in [0.5, 0.6) is 0 Å². The van der Waals surface area contributed by atoms with E-state index in [1.807, 2.05) is 0 Å². The molecular weight excluding hydrogens is 162 g/mol. The largest absolute Gasteiger partial charge is 0.337 e. The zero-order valence-electron chi connectivity index (χ0n) is 8.98. The van der Waals surface area contributed by atoms with Gasteiger partial charge in [-0.3, -0.25) is 0 Å². The van der Waals surface area contributed by atoms with Gasteiger partial charge in [-0.15, -0.1) is 0 Å². The Morgan fingerprint density at radius 3 is 1.83 bits per heavy atom. The lowest BCUT2D eigenvalue weighted by Gasteiger charge is -2.43. The van der Waals surface area contributed by atoms with E-state index in [-0.39, 0.29) is 0 Å². The molecule has 0 bridgehead atoms. The van der Waals surface area contributed by atoms with E-state index in [9.17, 15) is 0 Å². The average molecular weight is 185 g/mol. The maximum Gasteiger partial charge on any atom is 0.130 e. The van der Waals surface area contributed by atoms with Crippen LogP contribution in [0.4, 0.5) is 0 Å². The number of rotatable bonds is 2. The van der Waals surface area contributed by atoms with Crippen molar-refractivity contribution in [3.8, 4) is 0 Å². The Labute approximate surface area is 78.0 Å². The van der Waals surface area contributed by atoms with Gasteiger partial charge in [0.15, 0.2) is 0 Å². The third-order valence-electron chi connectivity index (χ3n) is 3.53. The second kappa shape index (κ2) is 3.92. The van der Waals surface area contributed by atoms with Crippen molar-refractivity contribution in [1.29, 1.82) is 0 Å². The molecule has 0 aromatic rings. The van der Waals surface area contributed by atoms with E-state index >= 15 is 0 Å². The molecule has 0 aromatic heterocycles. The second-order valence-electron chi connectivity index (χ2n) is 4.73. The number of nitrogens with one attached hydrogen (secondary N) is 1. The molecule has 0 atom stereocenters. The molecule has 2 heteroatoms. The molecule has 1 saturated heterocycles. The van der Waals surface area contributed by atoms with Crippen LogP contribution in [-0.4, -0.2) is 14.8 Å². The van der Waals surface area contributed by atoms with Crippen LogP contribution in [0.3, 0.4) is 0 Å². The van der Waals surface area contributed by atoms with Crippen LogP contribution in [0.15, 0.2) is 0 Å². The van der Waals surface area contributed by atoms with Gasteiger partial charge >= 0.3 is 0 Å². The zero-order valence-corrected chi connectivity index (χ0v) is 9.98. The standard InChI is InChI=1S/C10H23NSi/c1-9(2)12(10(3)4)8-6-5-7-11-12/h9-11H,5-8H2,1-4H3. The lowest BCUT2D eigenvalue weighted by Crippen LogP contribution is -2.57. The van der Waals surface area contributed by atoms with Crippen molar-refractivity contribution in [3.63, 3.8) is 0 Å². The molecule has 0 aromatic carbocycles. The van der Waals surface area contributed by atoms with Gasteiger partial charge in [-0.2, -0.15) is 0 Å². The fourth-order valence-electron chi connectivity index (χ4n) is 2.60. The molecule has 0 saturated carbocycles. The first kappa shape index (κ1) is 10.3.